The van der Waals surface area contributed by atoms with Crippen molar-refractivity contribution < 1.29 is 30.6 Å². The van der Waals surface area contributed by atoms with Crippen molar-refractivity contribution in [3.63, 3.8) is 0 Å². The summed E-state index contributed by atoms with van der Waals surface area (Å²) >= 11 is 0. The first-order chi connectivity index (χ1) is 6.56. The molecular formula is C8H19NO6. The molecule has 0 fully saturated rings. The first-order valence-electron chi connectivity index (χ1n) is 4.69. The Bertz CT molecular complexity index is 198. The molecule has 0 aromatic rings. The van der Waals surface area contributed by atoms with Gasteiger partial charge in [0.2, 0.25) is 0 Å². The monoisotopic (exact) mass is 225 g/mol. The van der Waals surface area contributed by atoms with Crippen LogP contribution in [0.4, 0.5) is 0 Å². The van der Waals surface area contributed by atoms with Crippen LogP contribution in [0.2, 0.25) is 0 Å². The smallest absolute Gasteiger partial charge is 0.337 e. The zero-order valence-electron chi connectivity index (χ0n) is 8.59. The third-order valence-electron chi connectivity index (χ3n) is 2.23. The molecule has 0 heterocycles. The Balaban J connectivity index is 4.56. The van der Waals surface area contributed by atoms with Gasteiger partial charge in [-0.05, 0) is 12.8 Å². The van der Waals surface area contributed by atoms with Crippen molar-refractivity contribution in [1.82, 2.24) is 0 Å². The minimum atomic E-state index is -3.89. The second kappa shape index (κ2) is 4.71. The van der Waals surface area contributed by atoms with Crippen molar-refractivity contribution in [3.05, 3.63) is 0 Å². The summed E-state index contributed by atoms with van der Waals surface area (Å²) in [5, 5.41) is 53.4. The van der Waals surface area contributed by atoms with Gasteiger partial charge >= 0.3 is 5.97 Å². The van der Waals surface area contributed by atoms with E-state index in [2.05, 4.69) is 0 Å². The van der Waals surface area contributed by atoms with Crippen LogP contribution in [0.15, 0.2) is 0 Å². The molecule has 15 heavy (non-hydrogen) atoms. The molecule has 0 aliphatic rings. The molecule has 1 unspecified atom stereocenters. The van der Waals surface area contributed by atoms with Crippen LogP contribution in [-0.2, 0) is 0 Å². The number of aliphatic hydroxyl groups is 6. The summed E-state index contributed by atoms with van der Waals surface area (Å²) in [6, 6.07) is 0. The predicted molar refractivity (Wildman–Crippen MR) is 49.8 cm³/mol. The Labute approximate surface area is 87.4 Å². The van der Waals surface area contributed by atoms with E-state index in [0.717, 1.165) is 6.42 Å². The second-order valence-electron chi connectivity index (χ2n) is 3.69. The van der Waals surface area contributed by atoms with Gasteiger partial charge in [-0.15, -0.1) is 0 Å². The van der Waals surface area contributed by atoms with Crippen molar-refractivity contribution in [2.75, 3.05) is 0 Å². The highest BCUT2D eigenvalue weighted by Crippen LogP contribution is 2.28. The first-order valence-corrected chi connectivity index (χ1v) is 4.69. The lowest BCUT2D eigenvalue weighted by Crippen LogP contribution is -2.72. The Kier molecular flexibility index (Phi) is 4.62. The van der Waals surface area contributed by atoms with Gasteiger partial charge in [-0.1, -0.05) is 19.8 Å². The van der Waals surface area contributed by atoms with Gasteiger partial charge in [0, 0.05) is 0 Å². The minimum absolute atomic E-state index is 0.294. The maximum Gasteiger partial charge on any atom is 0.337 e. The van der Waals surface area contributed by atoms with E-state index in [-0.39, 0.29) is 6.42 Å². The van der Waals surface area contributed by atoms with Crippen LogP contribution in [0.1, 0.15) is 32.6 Å². The molecule has 0 aromatic carbocycles. The normalized spacial score (nSPS) is 17.6. The lowest BCUT2D eigenvalue weighted by Gasteiger charge is -2.40. The van der Waals surface area contributed by atoms with E-state index in [0.29, 0.717) is 12.8 Å². The summed E-state index contributed by atoms with van der Waals surface area (Å²) in [4.78, 5) is 0. The molecule has 0 aromatic heterocycles. The number of unbranched alkanes of at least 4 members (excludes halogenated alkanes) is 2. The van der Waals surface area contributed by atoms with Crippen LogP contribution in [0, 0.1) is 0 Å². The molecule has 7 nitrogen and oxygen atoms in total. The van der Waals surface area contributed by atoms with E-state index in [9.17, 15) is 5.11 Å². The highest BCUT2D eigenvalue weighted by molar-refractivity contribution is 4.91. The van der Waals surface area contributed by atoms with Crippen LogP contribution in [-0.4, -0.2) is 48.1 Å². The lowest BCUT2D eigenvalue weighted by atomic mass is 9.94. The van der Waals surface area contributed by atoms with Crippen molar-refractivity contribution in [1.29, 1.82) is 0 Å². The standard InChI is InChI=1S/C8H19NO6/c1-2-3-4-5-6(9,10)7(11,12)8(13,14)15/h10-15H,2-5,9H2,1H3. The molecule has 0 spiro atoms. The average molecular weight is 225 g/mol. The van der Waals surface area contributed by atoms with Gasteiger partial charge < -0.3 is 30.6 Å². The maximum atomic E-state index is 9.40. The molecule has 0 saturated heterocycles. The van der Waals surface area contributed by atoms with Crippen LogP contribution in [0.3, 0.4) is 0 Å². The molecule has 0 amide bonds. The maximum absolute atomic E-state index is 9.40. The quantitative estimate of drug-likeness (QED) is 0.196. The average Bonchev–Trinajstić information content (AvgIpc) is 2.02. The molecule has 0 bridgehead atoms. The number of nitrogens with two attached hydrogens (primary N) is 1. The van der Waals surface area contributed by atoms with Gasteiger partial charge in [0.05, 0.1) is 0 Å². The van der Waals surface area contributed by atoms with E-state index >= 15 is 0 Å². The summed E-state index contributed by atoms with van der Waals surface area (Å²) in [6.07, 6.45) is 1.53. The Morgan fingerprint density at radius 1 is 0.933 bits per heavy atom. The molecule has 8 N–H and O–H groups in total. The van der Waals surface area contributed by atoms with Crippen LogP contribution in [0.5, 0.6) is 0 Å². The predicted octanol–water partition coefficient (Wildman–Crippen LogP) is -2.47. The van der Waals surface area contributed by atoms with Crippen LogP contribution >= 0.6 is 0 Å². The Morgan fingerprint density at radius 2 is 1.40 bits per heavy atom. The van der Waals surface area contributed by atoms with E-state index < -0.39 is 17.5 Å². The van der Waals surface area contributed by atoms with Gasteiger partial charge in [-0.3, -0.25) is 5.73 Å². The molecule has 92 valence electrons. The third-order valence-corrected chi connectivity index (χ3v) is 2.23. The highest BCUT2D eigenvalue weighted by Gasteiger charge is 2.59. The van der Waals surface area contributed by atoms with Crippen LogP contribution in [0.25, 0.3) is 0 Å². The molecule has 0 aliphatic carbocycles. The Morgan fingerprint density at radius 3 is 1.73 bits per heavy atom. The van der Waals surface area contributed by atoms with E-state index in [1.807, 2.05) is 6.92 Å². The molecule has 1 atom stereocenters. The van der Waals surface area contributed by atoms with Gasteiger partial charge in [0.25, 0.3) is 5.79 Å². The topological polar surface area (TPSA) is 147 Å². The number of hydrogen-bond acceptors (Lipinski definition) is 7. The lowest BCUT2D eigenvalue weighted by molar-refractivity contribution is -0.481. The summed E-state index contributed by atoms with van der Waals surface area (Å²) in [7, 11) is 0. The van der Waals surface area contributed by atoms with Crippen molar-refractivity contribution in [2.45, 2.75) is 50.1 Å². The molecule has 0 aliphatic heterocycles. The third kappa shape index (κ3) is 3.35. The molecule has 0 saturated carbocycles. The molecule has 0 rings (SSSR count). The molecule has 7 heteroatoms. The van der Waals surface area contributed by atoms with E-state index in [4.69, 9.17) is 31.3 Å². The zero-order chi connectivity index (χ0) is 12.3. The summed E-state index contributed by atoms with van der Waals surface area (Å²) in [5.41, 5.74) is 2.39. The van der Waals surface area contributed by atoms with Gasteiger partial charge in [-0.25, -0.2) is 0 Å². The zero-order valence-corrected chi connectivity index (χ0v) is 8.59. The first kappa shape index (κ1) is 14.7. The second-order valence-corrected chi connectivity index (χ2v) is 3.69. The number of rotatable bonds is 6. The van der Waals surface area contributed by atoms with Crippen molar-refractivity contribution >= 4 is 0 Å². The molecular weight excluding hydrogens is 206 g/mol. The van der Waals surface area contributed by atoms with Gasteiger partial charge in [0.15, 0.2) is 5.72 Å². The van der Waals surface area contributed by atoms with Crippen molar-refractivity contribution in [2.24, 2.45) is 5.73 Å². The van der Waals surface area contributed by atoms with E-state index in [1.165, 1.54) is 0 Å². The fourth-order valence-electron chi connectivity index (χ4n) is 1.11. The minimum Gasteiger partial charge on any atom is -0.370 e. The molecule has 0 radical (unpaired) electrons. The largest absolute Gasteiger partial charge is 0.370 e. The fraction of sp³-hybridized carbons (Fsp3) is 1.00. The summed E-state index contributed by atoms with van der Waals surface area (Å²) in [6.45, 7) is 1.88. The highest BCUT2D eigenvalue weighted by atomic mass is 16.7. The van der Waals surface area contributed by atoms with Gasteiger partial charge in [0.1, 0.15) is 0 Å². The fourth-order valence-corrected chi connectivity index (χ4v) is 1.11. The van der Waals surface area contributed by atoms with Gasteiger partial charge in [-0.2, -0.15) is 0 Å². The summed E-state index contributed by atoms with van der Waals surface area (Å²) < 4.78 is 0. The Hall–Kier alpha value is -0.280. The van der Waals surface area contributed by atoms with Crippen LogP contribution < -0.4 is 5.73 Å². The van der Waals surface area contributed by atoms with Crippen molar-refractivity contribution in [3.8, 4) is 0 Å². The summed E-state index contributed by atoms with van der Waals surface area (Å²) in [5.74, 6) is -7.50. The SMILES string of the molecule is CCCCCC(N)(O)C(O)(O)C(O)(O)O. The van der Waals surface area contributed by atoms with E-state index in [1.54, 1.807) is 0 Å². The number of hydrogen-bond donors (Lipinski definition) is 7.